The monoisotopic (exact) mass is 453 g/mol. The van der Waals surface area contributed by atoms with E-state index in [0.717, 1.165) is 55.6 Å². The number of para-hydroxylation sites is 1. The maximum atomic E-state index is 4.85. The summed E-state index contributed by atoms with van der Waals surface area (Å²) in [6.45, 7) is 9.20. The smallest absolute Gasteiger partial charge is 0.186 e. The average molecular weight is 454 g/mol. The van der Waals surface area contributed by atoms with Gasteiger partial charge in [0.25, 0.3) is 0 Å². The van der Waals surface area contributed by atoms with Crippen LogP contribution in [0.3, 0.4) is 0 Å². The second-order valence-corrected chi connectivity index (χ2v) is 10.4. The summed E-state index contributed by atoms with van der Waals surface area (Å²) in [6.07, 6.45) is 1.05. The van der Waals surface area contributed by atoms with Crippen molar-refractivity contribution in [3.05, 3.63) is 52.5 Å². The largest absolute Gasteiger partial charge is 0.345 e. The highest BCUT2D eigenvalue weighted by atomic mass is 32.1. The van der Waals surface area contributed by atoms with Gasteiger partial charge in [-0.05, 0) is 46.3 Å². The van der Waals surface area contributed by atoms with Crippen LogP contribution in [0.5, 0.6) is 0 Å². The molecule has 0 bridgehead atoms. The number of thiophene rings is 1. The van der Waals surface area contributed by atoms with Gasteiger partial charge in [0, 0.05) is 31.1 Å². The third-order valence-electron chi connectivity index (χ3n) is 5.75. The molecule has 0 radical (unpaired) electrons. The third-order valence-corrected chi connectivity index (χ3v) is 7.70. The summed E-state index contributed by atoms with van der Waals surface area (Å²) in [4.78, 5) is 11.1. The van der Waals surface area contributed by atoms with Crippen molar-refractivity contribution >= 4 is 38.0 Å². The van der Waals surface area contributed by atoms with E-state index in [1.807, 2.05) is 4.68 Å². The molecule has 1 aliphatic heterocycles. The third kappa shape index (κ3) is 4.49. The summed E-state index contributed by atoms with van der Waals surface area (Å²) < 4.78 is 3.24. The number of benzene rings is 1. The fourth-order valence-electron chi connectivity index (χ4n) is 4.20. The predicted octanol–water partition coefficient (Wildman–Crippen LogP) is 4.30. The Balaban J connectivity index is 1.32. The van der Waals surface area contributed by atoms with Crippen LogP contribution >= 0.6 is 22.7 Å². The first-order valence-electron chi connectivity index (χ1n) is 10.8. The van der Waals surface area contributed by atoms with Crippen LogP contribution in [-0.4, -0.2) is 56.3 Å². The molecule has 4 heterocycles. The molecule has 7 nitrogen and oxygen atoms in total. The van der Waals surface area contributed by atoms with E-state index < -0.39 is 0 Å². The SMILES string of the molecule is CC(C)C[C@@H](c1nnnn1Cc1cccs1)N1CCN(c2nc3ccccc3s2)CC1. The lowest BCUT2D eigenvalue weighted by Crippen LogP contribution is -2.48. The molecular formula is C22H27N7S2. The second-order valence-electron chi connectivity index (χ2n) is 8.41. The van der Waals surface area contributed by atoms with E-state index in [1.54, 1.807) is 22.7 Å². The Bertz CT molecular complexity index is 1080. The fraction of sp³-hybridized carbons (Fsp3) is 0.455. The Hall–Kier alpha value is -2.36. The van der Waals surface area contributed by atoms with Crippen molar-refractivity contribution in [1.82, 2.24) is 30.1 Å². The average Bonchev–Trinajstić information content (AvgIpc) is 3.53. The number of aromatic nitrogens is 5. The zero-order valence-corrected chi connectivity index (χ0v) is 19.5. The van der Waals surface area contributed by atoms with E-state index in [1.165, 1.54) is 9.58 Å². The van der Waals surface area contributed by atoms with E-state index in [-0.39, 0.29) is 6.04 Å². The topological polar surface area (TPSA) is 63.0 Å². The predicted molar refractivity (Wildman–Crippen MR) is 127 cm³/mol. The van der Waals surface area contributed by atoms with Crippen molar-refractivity contribution in [2.24, 2.45) is 5.92 Å². The maximum absolute atomic E-state index is 4.85. The van der Waals surface area contributed by atoms with Gasteiger partial charge in [-0.1, -0.05) is 43.4 Å². The molecule has 0 unspecified atom stereocenters. The Morgan fingerprint density at radius 3 is 2.61 bits per heavy atom. The maximum Gasteiger partial charge on any atom is 0.186 e. The van der Waals surface area contributed by atoms with Gasteiger partial charge in [-0.25, -0.2) is 9.67 Å². The van der Waals surface area contributed by atoms with Crippen molar-refractivity contribution in [3.63, 3.8) is 0 Å². The van der Waals surface area contributed by atoms with E-state index in [2.05, 4.69) is 81.0 Å². The molecular weight excluding hydrogens is 426 g/mol. The molecule has 3 aromatic heterocycles. The van der Waals surface area contributed by atoms with Gasteiger partial charge in [-0.2, -0.15) is 0 Å². The van der Waals surface area contributed by atoms with Gasteiger partial charge in [0.1, 0.15) is 0 Å². The quantitative estimate of drug-likeness (QED) is 0.416. The molecule has 162 valence electrons. The van der Waals surface area contributed by atoms with Crippen LogP contribution in [-0.2, 0) is 6.54 Å². The zero-order chi connectivity index (χ0) is 21.2. The van der Waals surface area contributed by atoms with Gasteiger partial charge in [-0.3, -0.25) is 4.90 Å². The lowest BCUT2D eigenvalue weighted by atomic mass is 10.0. The minimum atomic E-state index is 0.229. The number of hydrogen-bond acceptors (Lipinski definition) is 8. The summed E-state index contributed by atoms with van der Waals surface area (Å²) in [5.41, 5.74) is 1.09. The highest BCUT2D eigenvalue weighted by Crippen LogP contribution is 2.32. The Morgan fingerprint density at radius 1 is 1.03 bits per heavy atom. The Labute approximate surface area is 190 Å². The lowest BCUT2D eigenvalue weighted by molar-refractivity contribution is 0.153. The highest BCUT2D eigenvalue weighted by molar-refractivity contribution is 7.22. The summed E-state index contributed by atoms with van der Waals surface area (Å²) in [5, 5.41) is 16.1. The summed E-state index contributed by atoms with van der Waals surface area (Å²) in [6, 6.07) is 12.8. The summed E-state index contributed by atoms with van der Waals surface area (Å²) in [5.74, 6) is 1.55. The number of anilines is 1. The molecule has 0 amide bonds. The van der Waals surface area contributed by atoms with E-state index in [9.17, 15) is 0 Å². The number of tetrazole rings is 1. The zero-order valence-electron chi connectivity index (χ0n) is 17.9. The van der Waals surface area contributed by atoms with E-state index in [0.29, 0.717) is 5.92 Å². The number of hydrogen-bond donors (Lipinski definition) is 0. The van der Waals surface area contributed by atoms with Gasteiger partial charge in [-0.15, -0.1) is 16.4 Å². The molecule has 0 saturated carbocycles. The minimum Gasteiger partial charge on any atom is -0.345 e. The molecule has 31 heavy (non-hydrogen) atoms. The van der Waals surface area contributed by atoms with Crippen molar-refractivity contribution in [2.75, 3.05) is 31.1 Å². The molecule has 0 spiro atoms. The van der Waals surface area contributed by atoms with Crippen molar-refractivity contribution in [1.29, 1.82) is 0 Å². The van der Waals surface area contributed by atoms with Crippen LogP contribution in [0, 0.1) is 5.92 Å². The fourth-order valence-corrected chi connectivity index (χ4v) is 5.90. The van der Waals surface area contributed by atoms with Gasteiger partial charge >= 0.3 is 0 Å². The second kappa shape index (κ2) is 9.02. The molecule has 1 saturated heterocycles. The highest BCUT2D eigenvalue weighted by Gasteiger charge is 2.30. The van der Waals surface area contributed by atoms with Crippen LogP contribution in [0.4, 0.5) is 5.13 Å². The van der Waals surface area contributed by atoms with Crippen LogP contribution in [0.1, 0.15) is 37.0 Å². The number of fused-ring (bicyclic) bond motifs is 1. The molecule has 0 aliphatic carbocycles. The van der Waals surface area contributed by atoms with Crippen molar-refractivity contribution in [2.45, 2.75) is 32.9 Å². The molecule has 1 fully saturated rings. The number of piperazine rings is 1. The van der Waals surface area contributed by atoms with Crippen molar-refractivity contribution < 1.29 is 0 Å². The van der Waals surface area contributed by atoms with E-state index >= 15 is 0 Å². The first-order valence-corrected chi connectivity index (χ1v) is 12.5. The minimum absolute atomic E-state index is 0.229. The van der Waals surface area contributed by atoms with Gasteiger partial charge in [0.05, 0.1) is 22.8 Å². The molecule has 1 aromatic carbocycles. The first-order chi connectivity index (χ1) is 15.2. The van der Waals surface area contributed by atoms with Crippen LogP contribution in [0.2, 0.25) is 0 Å². The number of nitrogens with zero attached hydrogens (tertiary/aromatic N) is 7. The standard InChI is InChI=1S/C22H27N7S2/c1-16(2)14-19(21-24-25-26-29(21)15-17-6-5-13-30-17)27-9-11-28(12-10-27)22-23-18-7-3-4-8-20(18)31-22/h3-8,13,16,19H,9-12,14-15H2,1-2H3/t19-/m0/s1. The Kier molecular flexibility index (Phi) is 5.97. The van der Waals surface area contributed by atoms with Gasteiger partial charge in [0.2, 0.25) is 0 Å². The Morgan fingerprint density at radius 2 is 1.87 bits per heavy atom. The number of thiazole rings is 1. The van der Waals surface area contributed by atoms with Crippen LogP contribution in [0.25, 0.3) is 10.2 Å². The summed E-state index contributed by atoms with van der Waals surface area (Å²) >= 11 is 3.54. The van der Waals surface area contributed by atoms with Crippen LogP contribution < -0.4 is 4.90 Å². The molecule has 1 aliphatic rings. The molecule has 5 rings (SSSR count). The van der Waals surface area contributed by atoms with Gasteiger partial charge < -0.3 is 4.90 Å². The lowest BCUT2D eigenvalue weighted by Gasteiger charge is -2.39. The first kappa shape index (κ1) is 20.5. The number of rotatable bonds is 7. The van der Waals surface area contributed by atoms with Crippen molar-refractivity contribution in [3.8, 4) is 0 Å². The molecule has 4 aromatic rings. The van der Waals surface area contributed by atoms with Crippen LogP contribution in [0.15, 0.2) is 41.8 Å². The molecule has 0 N–H and O–H groups in total. The molecule has 1 atom stereocenters. The molecule has 9 heteroatoms. The van der Waals surface area contributed by atoms with Gasteiger partial charge in [0.15, 0.2) is 11.0 Å². The van der Waals surface area contributed by atoms with E-state index in [4.69, 9.17) is 4.98 Å². The normalized spacial score (nSPS) is 16.4. The summed E-state index contributed by atoms with van der Waals surface area (Å²) in [7, 11) is 0.